The van der Waals surface area contributed by atoms with Crippen LogP contribution in [0.1, 0.15) is 24.5 Å². The first-order valence-electron chi connectivity index (χ1n) is 13.4. The maximum absolute atomic E-state index is 13.1. The lowest BCUT2D eigenvalue weighted by Gasteiger charge is -2.34. The number of hydrogen-bond donors (Lipinski definition) is 2. The van der Waals surface area contributed by atoms with Crippen LogP contribution in [-0.2, 0) is 9.59 Å². The quantitative estimate of drug-likeness (QED) is 0.379. The fraction of sp³-hybridized carbons (Fsp3) is 0.290. The van der Waals surface area contributed by atoms with Gasteiger partial charge in [0.25, 0.3) is 5.91 Å². The van der Waals surface area contributed by atoms with Crippen LogP contribution in [-0.4, -0.2) is 67.9 Å². The summed E-state index contributed by atoms with van der Waals surface area (Å²) in [5, 5.41) is 6.97. The van der Waals surface area contributed by atoms with Gasteiger partial charge in [0.05, 0.1) is 23.5 Å². The summed E-state index contributed by atoms with van der Waals surface area (Å²) in [6.45, 7) is 7.60. The Hall–Kier alpha value is -3.65. The van der Waals surface area contributed by atoms with Gasteiger partial charge in [-0.05, 0) is 54.9 Å². The van der Waals surface area contributed by atoms with E-state index in [1.165, 1.54) is 0 Å². The van der Waals surface area contributed by atoms with E-state index in [1.54, 1.807) is 17.0 Å². The maximum atomic E-state index is 13.1. The van der Waals surface area contributed by atoms with Crippen molar-refractivity contribution in [2.75, 3.05) is 61.8 Å². The number of piperazine rings is 1. The highest BCUT2D eigenvalue weighted by atomic mass is 35.5. The minimum atomic E-state index is -0.184. The molecular formula is C31H34ClN5O2. The lowest BCUT2D eigenvalue weighted by molar-refractivity contribution is -0.119. The van der Waals surface area contributed by atoms with Crippen LogP contribution in [0.3, 0.4) is 0 Å². The molecule has 0 spiro atoms. The van der Waals surface area contributed by atoms with E-state index in [4.69, 9.17) is 11.6 Å². The van der Waals surface area contributed by atoms with E-state index in [0.717, 1.165) is 61.6 Å². The van der Waals surface area contributed by atoms with Crippen LogP contribution in [0, 0.1) is 0 Å². The number of hydrogen-bond acceptors (Lipinski definition) is 5. The molecule has 3 aromatic carbocycles. The van der Waals surface area contributed by atoms with Crippen LogP contribution in [0.2, 0.25) is 5.02 Å². The second-order valence-corrected chi connectivity index (χ2v) is 10.4. The third kappa shape index (κ3) is 6.17. The van der Waals surface area contributed by atoms with E-state index in [0.29, 0.717) is 28.5 Å². The standard InChI is InChI=1S/C31H34ClN5O2/c1-3-15-36-16-18-37(19-17-36)21-28(38)35(2)25-12-10-24(11-13-25)33-30(22-7-5-4-6-8-22)29-26-14-9-23(32)20-27(26)34-31(29)39/h4-14,20,33H,3,15-19,21H2,1-2H3,(H,34,39). The van der Waals surface area contributed by atoms with Crippen LogP contribution < -0.4 is 15.5 Å². The number of carbonyl (C=O) groups is 2. The van der Waals surface area contributed by atoms with Crippen molar-refractivity contribution in [3.8, 4) is 0 Å². The van der Waals surface area contributed by atoms with Gasteiger partial charge < -0.3 is 20.4 Å². The molecule has 0 aromatic heterocycles. The monoisotopic (exact) mass is 543 g/mol. The first-order valence-corrected chi connectivity index (χ1v) is 13.8. The van der Waals surface area contributed by atoms with Crippen LogP contribution in [0.5, 0.6) is 0 Å². The van der Waals surface area contributed by atoms with E-state index in [9.17, 15) is 9.59 Å². The molecular weight excluding hydrogens is 510 g/mol. The molecule has 5 rings (SSSR count). The average Bonchev–Trinajstić information content (AvgIpc) is 3.27. The van der Waals surface area contributed by atoms with Crippen molar-refractivity contribution >= 4 is 51.7 Å². The van der Waals surface area contributed by atoms with Crippen molar-refractivity contribution in [1.82, 2.24) is 9.80 Å². The minimum absolute atomic E-state index is 0.0737. The van der Waals surface area contributed by atoms with E-state index in [-0.39, 0.29) is 11.8 Å². The van der Waals surface area contributed by atoms with Gasteiger partial charge in [-0.3, -0.25) is 14.5 Å². The second-order valence-electron chi connectivity index (χ2n) is 10.0. The fourth-order valence-corrected chi connectivity index (χ4v) is 5.29. The first-order chi connectivity index (χ1) is 18.9. The fourth-order valence-electron chi connectivity index (χ4n) is 5.12. The molecule has 1 fully saturated rings. The Bertz CT molecular complexity index is 1370. The van der Waals surface area contributed by atoms with Crippen molar-refractivity contribution in [3.05, 3.63) is 88.9 Å². The molecule has 0 atom stereocenters. The molecule has 2 heterocycles. The number of nitrogens with zero attached hydrogens (tertiary/aromatic N) is 3. The Balaban J connectivity index is 1.33. The molecule has 8 heteroatoms. The third-order valence-electron chi connectivity index (χ3n) is 7.30. The van der Waals surface area contributed by atoms with Gasteiger partial charge >= 0.3 is 0 Å². The lowest BCUT2D eigenvalue weighted by Crippen LogP contribution is -2.49. The minimum Gasteiger partial charge on any atom is -0.354 e. The summed E-state index contributed by atoms with van der Waals surface area (Å²) in [6.07, 6.45) is 1.16. The van der Waals surface area contributed by atoms with Gasteiger partial charge in [0.2, 0.25) is 5.91 Å². The van der Waals surface area contributed by atoms with E-state index in [2.05, 4.69) is 27.4 Å². The molecule has 0 bridgehead atoms. The molecule has 0 unspecified atom stereocenters. The van der Waals surface area contributed by atoms with Crippen LogP contribution in [0.4, 0.5) is 17.1 Å². The van der Waals surface area contributed by atoms with Crippen molar-refractivity contribution in [3.63, 3.8) is 0 Å². The van der Waals surface area contributed by atoms with Gasteiger partial charge in [0.1, 0.15) is 0 Å². The zero-order valence-electron chi connectivity index (χ0n) is 22.4. The van der Waals surface area contributed by atoms with Gasteiger partial charge in [-0.2, -0.15) is 0 Å². The molecule has 2 aliphatic rings. The number of likely N-dealkylation sites (N-methyl/N-ethyl adjacent to an activating group) is 1. The van der Waals surface area contributed by atoms with Gasteiger partial charge in [-0.15, -0.1) is 0 Å². The summed E-state index contributed by atoms with van der Waals surface area (Å²) in [6, 6.07) is 22.9. The van der Waals surface area contributed by atoms with Crippen molar-refractivity contribution in [2.45, 2.75) is 13.3 Å². The molecule has 7 nitrogen and oxygen atoms in total. The Morgan fingerprint density at radius 2 is 1.67 bits per heavy atom. The summed E-state index contributed by atoms with van der Waals surface area (Å²) in [5.74, 6) is -0.110. The number of nitrogens with one attached hydrogen (secondary N) is 2. The Morgan fingerprint density at radius 1 is 0.974 bits per heavy atom. The number of anilines is 3. The van der Waals surface area contributed by atoms with Gasteiger partial charge in [-0.25, -0.2) is 0 Å². The van der Waals surface area contributed by atoms with Crippen molar-refractivity contribution in [2.24, 2.45) is 0 Å². The summed E-state index contributed by atoms with van der Waals surface area (Å²) in [4.78, 5) is 32.5. The summed E-state index contributed by atoms with van der Waals surface area (Å²) >= 11 is 6.16. The predicted octanol–water partition coefficient (Wildman–Crippen LogP) is 5.26. The molecule has 202 valence electrons. The van der Waals surface area contributed by atoms with Gasteiger partial charge in [0, 0.05) is 55.2 Å². The van der Waals surface area contributed by atoms with Crippen LogP contribution in [0.15, 0.2) is 72.8 Å². The zero-order chi connectivity index (χ0) is 27.4. The lowest BCUT2D eigenvalue weighted by atomic mass is 10.00. The number of fused-ring (bicyclic) bond motifs is 1. The molecule has 1 saturated heterocycles. The van der Waals surface area contributed by atoms with Crippen molar-refractivity contribution in [1.29, 1.82) is 0 Å². The van der Waals surface area contributed by atoms with E-state index >= 15 is 0 Å². The largest absolute Gasteiger partial charge is 0.354 e. The number of halogens is 1. The predicted molar refractivity (Wildman–Crippen MR) is 160 cm³/mol. The molecule has 2 aliphatic heterocycles. The highest BCUT2D eigenvalue weighted by molar-refractivity contribution is 6.38. The maximum Gasteiger partial charge on any atom is 0.258 e. The summed E-state index contributed by atoms with van der Waals surface area (Å²) in [7, 11) is 1.82. The molecule has 2 amide bonds. The Morgan fingerprint density at radius 3 is 2.36 bits per heavy atom. The molecule has 0 saturated carbocycles. The van der Waals surface area contributed by atoms with Crippen LogP contribution >= 0.6 is 11.6 Å². The Kier molecular flexibility index (Phi) is 8.31. The topological polar surface area (TPSA) is 67.9 Å². The molecule has 0 aliphatic carbocycles. The average molecular weight is 544 g/mol. The normalized spacial score (nSPS) is 16.9. The molecule has 3 aromatic rings. The number of carbonyl (C=O) groups excluding carboxylic acids is 2. The van der Waals surface area contributed by atoms with Crippen molar-refractivity contribution < 1.29 is 9.59 Å². The smallest absolute Gasteiger partial charge is 0.258 e. The number of amides is 2. The molecule has 0 radical (unpaired) electrons. The summed E-state index contributed by atoms with van der Waals surface area (Å²) < 4.78 is 0. The first kappa shape index (κ1) is 26.9. The van der Waals surface area contributed by atoms with Gasteiger partial charge in [0.15, 0.2) is 0 Å². The van der Waals surface area contributed by atoms with Crippen LogP contribution in [0.25, 0.3) is 11.3 Å². The number of benzene rings is 3. The number of rotatable bonds is 8. The van der Waals surface area contributed by atoms with E-state index in [1.807, 2.05) is 67.7 Å². The zero-order valence-corrected chi connectivity index (χ0v) is 23.2. The highest BCUT2D eigenvalue weighted by Gasteiger charge is 2.28. The Labute approximate surface area is 235 Å². The molecule has 2 N–H and O–H groups in total. The molecule has 39 heavy (non-hydrogen) atoms. The third-order valence-corrected chi connectivity index (χ3v) is 7.54. The van der Waals surface area contributed by atoms with Gasteiger partial charge in [-0.1, -0.05) is 54.9 Å². The summed E-state index contributed by atoms with van der Waals surface area (Å²) in [5.41, 5.74) is 5.28. The second kappa shape index (κ2) is 12.0. The van der Waals surface area contributed by atoms with E-state index < -0.39 is 0 Å². The highest BCUT2D eigenvalue weighted by Crippen LogP contribution is 2.38. The SMILES string of the molecule is CCCN1CCN(CC(=O)N(C)c2ccc(NC(=C3C(=O)Nc4cc(Cl)ccc43)c3ccccc3)cc2)CC1.